The Hall–Kier alpha value is -3.49. The molecule has 1 heterocycles. The van der Waals surface area contributed by atoms with Crippen LogP contribution in [0, 0.1) is 28.6 Å². The number of amides is 4. The van der Waals surface area contributed by atoms with E-state index in [9.17, 15) is 24.0 Å². The fraction of sp³-hybridized carbons (Fsp3) is 0.594. The van der Waals surface area contributed by atoms with Crippen LogP contribution in [0.1, 0.15) is 66.4 Å². The molecule has 0 bridgehead atoms. The highest BCUT2D eigenvalue weighted by Crippen LogP contribution is 2.65. The van der Waals surface area contributed by atoms with Gasteiger partial charge in [-0.2, -0.15) is 0 Å². The molecule has 1 aliphatic carbocycles. The molecule has 1 unspecified atom stereocenters. The molecule has 9 heteroatoms. The maximum Gasteiger partial charge on any atom is 0.289 e. The lowest BCUT2D eigenvalue weighted by Gasteiger charge is -2.36. The van der Waals surface area contributed by atoms with Crippen LogP contribution in [0.3, 0.4) is 0 Å². The number of hydrogen-bond acceptors (Lipinski definition) is 5. The normalized spacial score (nSPS) is 22.1. The third kappa shape index (κ3) is 7.63. The second-order valence-corrected chi connectivity index (χ2v) is 13.0. The third-order valence-corrected chi connectivity index (χ3v) is 8.92. The first-order valence-electron chi connectivity index (χ1n) is 14.5. The van der Waals surface area contributed by atoms with Gasteiger partial charge in [0.1, 0.15) is 6.04 Å². The van der Waals surface area contributed by atoms with E-state index in [1.807, 2.05) is 58.0 Å². The van der Waals surface area contributed by atoms with E-state index in [1.54, 1.807) is 11.0 Å². The molecule has 2 aliphatic rings. The van der Waals surface area contributed by atoms with Gasteiger partial charge in [-0.15, -0.1) is 6.58 Å². The van der Waals surface area contributed by atoms with Gasteiger partial charge >= 0.3 is 0 Å². The fourth-order valence-electron chi connectivity index (χ4n) is 5.66. The van der Waals surface area contributed by atoms with Gasteiger partial charge in [0.25, 0.3) is 5.91 Å². The van der Waals surface area contributed by atoms with Crippen LogP contribution in [-0.4, -0.2) is 59.5 Å². The SMILES string of the molecule is C=CCCC(NC(=O)[C@@H]1[C@@H]2[C@H](CN1C(=O)[C@@H](C)C(C)(C)C)C2(C)C)C(=O)C(=O)NCCC(=O)NCc1ccccc1. The number of fused-ring (bicyclic) bond motifs is 1. The Balaban J connectivity index is 1.61. The molecule has 0 radical (unpaired) electrons. The lowest BCUT2D eigenvalue weighted by molar-refractivity contribution is -0.146. The number of likely N-dealkylation sites (tertiary alicyclic amines) is 1. The summed E-state index contributed by atoms with van der Waals surface area (Å²) in [6.45, 7) is 16.6. The van der Waals surface area contributed by atoms with E-state index in [0.717, 1.165) is 5.56 Å². The van der Waals surface area contributed by atoms with Gasteiger partial charge in [-0.1, -0.05) is 78.0 Å². The van der Waals surface area contributed by atoms with Gasteiger partial charge in [-0.25, -0.2) is 0 Å². The van der Waals surface area contributed by atoms with Crippen molar-refractivity contribution in [3.8, 4) is 0 Å². The Morgan fingerprint density at radius 1 is 1.10 bits per heavy atom. The van der Waals surface area contributed by atoms with Crippen molar-refractivity contribution in [2.24, 2.45) is 28.6 Å². The summed E-state index contributed by atoms with van der Waals surface area (Å²) in [6.07, 6.45) is 2.25. The Morgan fingerprint density at radius 3 is 2.37 bits per heavy atom. The molecule has 5 atom stereocenters. The van der Waals surface area contributed by atoms with Crippen molar-refractivity contribution < 1.29 is 24.0 Å². The number of allylic oxidation sites excluding steroid dienone is 1. The summed E-state index contributed by atoms with van der Waals surface area (Å²) < 4.78 is 0. The van der Waals surface area contributed by atoms with E-state index in [1.165, 1.54) is 0 Å². The average Bonchev–Trinajstić information content (AvgIpc) is 3.24. The molecule has 3 rings (SSSR count). The van der Waals surface area contributed by atoms with Crippen molar-refractivity contribution in [1.29, 1.82) is 0 Å². The summed E-state index contributed by atoms with van der Waals surface area (Å²) in [6, 6.07) is 7.69. The number of piperidine rings is 1. The minimum Gasteiger partial charge on any atom is -0.352 e. The fourth-order valence-corrected chi connectivity index (χ4v) is 5.66. The first-order valence-corrected chi connectivity index (χ1v) is 14.5. The Kier molecular flexibility index (Phi) is 10.2. The average molecular weight is 567 g/mol. The van der Waals surface area contributed by atoms with Gasteiger partial charge in [0.05, 0.1) is 6.04 Å². The molecule has 9 nitrogen and oxygen atoms in total. The van der Waals surface area contributed by atoms with Crippen LogP contribution in [0.5, 0.6) is 0 Å². The number of nitrogens with zero attached hydrogens (tertiary/aromatic N) is 1. The summed E-state index contributed by atoms with van der Waals surface area (Å²) in [5.74, 6) is -2.45. The van der Waals surface area contributed by atoms with Crippen molar-refractivity contribution in [3.05, 3.63) is 48.6 Å². The van der Waals surface area contributed by atoms with Crippen LogP contribution in [0.25, 0.3) is 0 Å². The zero-order valence-corrected chi connectivity index (χ0v) is 25.3. The molecule has 0 spiro atoms. The van der Waals surface area contributed by atoms with Crippen molar-refractivity contribution in [2.45, 2.75) is 79.4 Å². The maximum atomic E-state index is 13.7. The zero-order valence-electron chi connectivity index (χ0n) is 25.3. The lowest BCUT2D eigenvalue weighted by Crippen LogP contribution is -2.56. The molecule has 4 amide bonds. The van der Waals surface area contributed by atoms with Gasteiger partial charge in [-0.05, 0) is 41.1 Å². The molecular formula is C32H46N4O5. The van der Waals surface area contributed by atoms with E-state index in [0.29, 0.717) is 19.5 Å². The number of hydrogen-bond donors (Lipinski definition) is 3. The summed E-state index contributed by atoms with van der Waals surface area (Å²) in [5, 5.41) is 8.09. The molecule has 41 heavy (non-hydrogen) atoms. The first kappa shape index (κ1) is 32.0. The minimum absolute atomic E-state index is 0.00278. The van der Waals surface area contributed by atoms with Crippen LogP contribution in [-0.2, 0) is 30.5 Å². The number of rotatable bonds is 13. The number of carbonyl (C=O) groups is 5. The van der Waals surface area contributed by atoms with Gasteiger partial charge in [0.15, 0.2) is 0 Å². The minimum atomic E-state index is -1.06. The summed E-state index contributed by atoms with van der Waals surface area (Å²) in [4.78, 5) is 66.8. The van der Waals surface area contributed by atoms with Crippen LogP contribution < -0.4 is 16.0 Å². The number of carbonyl (C=O) groups excluding carboxylic acids is 5. The van der Waals surface area contributed by atoms with Gasteiger partial charge < -0.3 is 20.9 Å². The van der Waals surface area contributed by atoms with Crippen LogP contribution in [0.15, 0.2) is 43.0 Å². The molecule has 1 aliphatic heterocycles. The molecule has 1 saturated heterocycles. The van der Waals surface area contributed by atoms with E-state index >= 15 is 0 Å². The number of nitrogens with one attached hydrogen (secondary N) is 3. The second kappa shape index (κ2) is 13.0. The number of Topliss-reactive ketones (excluding diaryl/α,β-unsaturated/α-hetero) is 1. The van der Waals surface area contributed by atoms with E-state index in [-0.39, 0.29) is 59.8 Å². The molecule has 0 aromatic heterocycles. The second-order valence-electron chi connectivity index (χ2n) is 13.0. The van der Waals surface area contributed by atoms with Crippen LogP contribution in [0.2, 0.25) is 0 Å². The van der Waals surface area contributed by atoms with Gasteiger partial charge in [-0.3, -0.25) is 24.0 Å². The molecule has 3 N–H and O–H groups in total. The van der Waals surface area contributed by atoms with Crippen LogP contribution >= 0.6 is 0 Å². The Morgan fingerprint density at radius 2 is 1.76 bits per heavy atom. The third-order valence-electron chi connectivity index (χ3n) is 8.92. The van der Waals surface area contributed by atoms with E-state index in [4.69, 9.17) is 0 Å². The predicted molar refractivity (Wildman–Crippen MR) is 157 cm³/mol. The highest BCUT2D eigenvalue weighted by Gasteiger charge is 2.69. The molecule has 2 fully saturated rings. The summed E-state index contributed by atoms with van der Waals surface area (Å²) in [5.41, 5.74) is 0.611. The molecule has 224 valence electrons. The van der Waals surface area contributed by atoms with Crippen LogP contribution in [0.4, 0.5) is 0 Å². The Labute approximate surface area is 243 Å². The standard InChI is InChI=1S/C32H46N4O5/c1-8-9-15-23(27(38)29(40)33-17-16-24(37)34-18-21-13-11-10-12-14-21)35-28(39)26-25-22(32(25,6)7)19-36(26)30(41)20(2)31(3,4)5/h8,10-14,20,22-23,25-26H,1,9,15-19H2,2-7H3,(H,33,40)(H,34,37)(H,35,39)/t20-,22+,23?,25+,26+/m1/s1. The molecular weight excluding hydrogens is 520 g/mol. The summed E-state index contributed by atoms with van der Waals surface area (Å²) >= 11 is 0. The Bertz CT molecular complexity index is 1160. The van der Waals surface area contributed by atoms with E-state index in [2.05, 4.69) is 36.4 Å². The lowest BCUT2D eigenvalue weighted by atomic mass is 9.81. The van der Waals surface area contributed by atoms with Crippen molar-refractivity contribution in [1.82, 2.24) is 20.9 Å². The predicted octanol–water partition coefficient (Wildman–Crippen LogP) is 2.99. The molecule has 1 aromatic carbocycles. The first-order chi connectivity index (χ1) is 19.2. The highest BCUT2D eigenvalue weighted by atomic mass is 16.2. The summed E-state index contributed by atoms with van der Waals surface area (Å²) in [7, 11) is 0. The zero-order chi connectivity index (χ0) is 30.5. The van der Waals surface area contributed by atoms with Gasteiger partial charge in [0.2, 0.25) is 23.5 Å². The number of benzene rings is 1. The molecule has 1 aromatic rings. The largest absolute Gasteiger partial charge is 0.352 e. The quantitative estimate of drug-likeness (QED) is 0.250. The van der Waals surface area contributed by atoms with Crippen molar-refractivity contribution >= 4 is 29.4 Å². The highest BCUT2D eigenvalue weighted by molar-refractivity contribution is 6.38. The topological polar surface area (TPSA) is 125 Å². The maximum absolute atomic E-state index is 13.7. The monoisotopic (exact) mass is 566 g/mol. The smallest absolute Gasteiger partial charge is 0.289 e. The van der Waals surface area contributed by atoms with Crippen molar-refractivity contribution in [3.63, 3.8) is 0 Å². The van der Waals surface area contributed by atoms with Crippen molar-refractivity contribution in [2.75, 3.05) is 13.1 Å². The molecule has 1 saturated carbocycles. The van der Waals surface area contributed by atoms with E-state index < -0.39 is 29.7 Å². The number of ketones is 1. The van der Waals surface area contributed by atoms with Gasteiger partial charge in [0, 0.05) is 32.0 Å².